The highest BCUT2D eigenvalue weighted by Crippen LogP contribution is 2.19. The topological polar surface area (TPSA) is 63.3 Å². The van der Waals surface area contributed by atoms with E-state index in [4.69, 9.17) is 5.11 Å². The molecule has 0 fully saturated rings. The standard InChI is InChI=1S/C7H7F2NO2/c1-3(8)5(7(10)12)6(9)4(2)11/h11H,1-2H2,(H2,10,12)/b6-5-. The third-order valence-corrected chi connectivity index (χ3v) is 0.991. The highest BCUT2D eigenvalue weighted by Gasteiger charge is 2.17. The van der Waals surface area contributed by atoms with Crippen LogP contribution in [0.3, 0.4) is 0 Å². The van der Waals surface area contributed by atoms with Crippen molar-refractivity contribution in [3.8, 4) is 0 Å². The molecule has 66 valence electrons. The quantitative estimate of drug-likeness (QED) is 0.385. The lowest BCUT2D eigenvalue weighted by atomic mass is 10.2. The number of amides is 1. The Balaban J connectivity index is 5.23. The van der Waals surface area contributed by atoms with Gasteiger partial charge in [-0.2, -0.15) is 0 Å². The monoisotopic (exact) mass is 175 g/mol. The average Bonchev–Trinajstić information content (AvgIpc) is 1.85. The summed E-state index contributed by atoms with van der Waals surface area (Å²) >= 11 is 0. The molecule has 0 aromatic rings. The summed E-state index contributed by atoms with van der Waals surface area (Å²) in [5.74, 6) is -5.28. The number of hydrogen-bond donors (Lipinski definition) is 2. The van der Waals surface area contributed by atoms with Crippen LogP contribution in [-0.2, 0) is 4.79 Å². The fraction of sp³-hybridized carbons (Fsp3) is 0. The number of halogens is 2. The Kier molecular flexibility index (Phi) is 3.15. The lowest BCUT2D eigenvalue weighted by molar-refractivity contribution is -0.114. The molecule has 0 radical (unpaired) electrons. The molecule has 0 unspecified atom stereocenters. The molecule has 0 heterocycles. The first-order chi connectivity index (χ1) is 5.37. The first kappa shape index (κ1) is 10.3. The van der Waals surface area contributed by atoms with Crippen molar-refractivity contribution in [2.75, 3.05) is 0 Å². The second-order valence-corrected chi connectivity index (χ2v) is 1.90. The van der Waals surface area contributed by atoms with Gasteiger partial charge in [0.25, 0.3) is 5.91 Å². The molecule has 0 aliphatic rings. The fourth-order valence-corrected chi connectivity index (χ4v) is 0.505. The molecule has 0 atom stereocenters. The van der Waals surface area contributed by atoms with Crippen LogP contribution in [0.4, 0.5) is 8.78 Å². The predicted octanol–water partition coefficient (Wildman–Crippen LogP) is 1.25. The van der Waals surface area contributed by atoms with Crippen molar-refractivity contribution in [1.29, 1.82) is 0 Å². The first-order valence-electron chi connectivity index (χ1n) is 2.80. The molecule has 0 bridgehead atoms. The number of primary amides is 1. The van der Waals surface area contributed by atoms with Gasteiger partial charge in [0.15, 0.2) is 5.83 Å². The van der Waals surface area contributed by atoms with E-state index < -0.39 is 28.9 Å². The zero-order valence-corrected chi connectivity index (χ0v) is 6.10. The van der Waals surface area contributed by atoms with Crippen LogP contribution in [0.15, 0.2) is 36.1 Å². The Labute approximate surface area is 67.5 Å². The summed E-state index contributed by atoms with van der Waals surface area (Å²) in [7, 11) is 0. The molecule has 0 aliphatic heterocycles. The van der Waals surface area contributed by atoms with Crippen molar-refractivity contribution < 1.29 is 18.7 Å². The third kappa shape index (κ3) is 2.19. The van der Waals surface area contributed by atoms with E-state index in [1.54, 1.807) is 0 Å². The molecular weight excluding hydrogens is 168 g/mol. The van der Waals surface area contributed by atoms with Gasteiger partial charge in [-0.25, -0.2) is 8.78 Å². The van der Waals surface area contributed by atoms with Gasteiger partial charge in [0, 0.05) is 0 Å². The van der Waals surface area contributed by atoms with Crippen LogP contribution in [0.25, 0.3) is 0 Å². The number of aliphatic hydroxyl groups excluding tert-OH is 1. The minimum absolute atomic E-state index is 1.07. The Morgan fingerprint density at radius 2 is 1.75 bits per heavy atom. The lowest BCUT2D eigenvalue weighted by Crippen LogP contribution is -2.16. The van der Waals surface area contributed by atoms with Crippen LogP contribution in [0.2, 0.25) is 0 Å². The van der Waals surface area contributed by atoms with E-state index in [1.165, 1.54) is 0 Å². The molecule has 0 aromatic heterocycles. The van der Waals surface area contributed by atoms with E-state index in [1.807, 2.05) is 0 Å². The van der Waals surface area contributed by atoms with E-state index in [0.717, 1.165) is 0 Å². The zero-order chi connectivity index (χ0) is 9.89. The third-order valence-electron chi connectivity index (χ3n) is 0.991. The van der Waals surface area contributed by atoms with Gasteiger partial charge in [0.05, 0.1) is 0 Å². The van der Waals surface area contributed by atoms with Crippen LogP contribution in [0, 0.1) is 0 Å². The molecule has 1 amide bonds. The number of aliphatic hydroxyl groups is 1. The summed E-state index contributed by atoms with van der Waals surface area (Å²) < 4.78 is 24.9. The van der Waals surface area contributed by atoms with E-state index in [9.17, 15) is 13.6 Å². The van der Waals surface area contributed by atoms with Gasteiger partial charge < -0.3 is 10.8 Å². The van der Waals surface area contributed by atoms with Crippen molar-refractivity contribution >= 4 is 5.91 Å². The summed E-state index contributed by atoms with van der Waals surface area (Å²) in [5.41, 5.74) is 3.49. The van der Waals surface area contributed by atoms with E-state index >= 15 is 0 Å². The second-order valence-electron chi connectivity index (χ2n) is 1.90. The number of carbonyl (C=O) groups excluding carboxylic acids is 1. The average molecular weight is 175 g/mol. The number of carbonyl (C=O) groups is 1. The number of nitrogens with two attached hydrogens (primary N) is 1. The smallest absolute Gasteiger partial charge is 0.254 e. The highest BCUT2D eigenvalue weighted by atomic mass is 19.1. The molecular formula is C7H7F2NO2. The van der Waals surface area contributed by atoms with E-state index in [2.05, 4.69) is 18.9 Å². The maximum Gasteiger partial charge on any atom is 0.254 e. The summed E-state index contributed by atoms with van der Waals surface area (Å²) in [6, 6.07) is 0. The number of hydrogen-bond acceptors (Lipinski definition) is 2. The molecule has 3 N–H and O–H groups in total. The maximum atomic E-state index is 12.6. The van der Waals surface area contributed by atoms with Gasteiger partial charge in [-0.1, -0.05) is 13.2 Å². The molecule has 0 saturated carbocycles. The van der Waals surface area contributed by atoms with Crippen molar-refractivity contribution in [3.63, 3.8) is 0 Å². The van der Waals surface area contributed by atoms with Crippen LogP contribution in [-0.4, -0.2) is 11.0 Å². The molecule has 0 saturated heterocycles. The lowest BCUT2D eigenvalue weighted by Gasteiger charge is -2.00. The largest absolute Gasteiger partial charge is 0.505 e. The Hall–Kier alpha value is -1.65. The van der Waals surface area contributed by atoms with Crippen LogP contribution in [0.5, 0.6) is 0 Å². The van der Waals surface area contributed by atoms with Gasteiger partial charge in [0.2, 0.25) is 0 Å². The molecule has 0 rings (SSSR count). The molecule has 0 aliphatic carbocycles. The van der Waals surface area contributed by atoms with Crippen molar-refractivity contribution in [2.45, 2.75) is 0 Å². The van der Waals surface area contributed by atoms with Crippen LogP contribution >= 0.6 is 0 Å². The molecule has 3 nitrogen and oxygen atoms in total. The Morgan fingerprint density at radius 3 is 1.83 bits per heavy atom. The Morgan fingerprint density at radius 1 is 1.33 bits per heavy atom. The fourth-order valence-electron chi connectivity index (χ4n) is 0.505. The maximum absolute atomic E-state index is 12.6. The molecule has 12 heavy (non-hydrogen) atoms. The minimum Gasteiger partial charge on any atom is -0.505 e. The van der Waals surface area contributed by atoms with Crippen molar-refractivity contribution in [1.82, 2.24) is 0 Å². The summed E-state index contributed by atoms with van der Waals surface area (Å²) in [4.78, 5) is 10.4. The van der Waals surface area contributed by atoms with Gasteiger partial charge >= 0.3 is 0 Å². The first-order valence-corrected chi connectivity index (χ1v) is 2.80. The van der Waals surface area contributed by atoms with E-state index in [0.29, 0.717) is 0 Å². The van der Waals surface area contributed by atoms with E-state index in [-0.39, 0.29) is 0 Å². The second kappa shape index (κ2) is 3.66. The zero-order valence-electron chi connectivity index (χ0n) is 6.10. The predicted molar refractivity (Wildman–Crippen MR) is 39.3 cm³/mol. The van der Waals surface area contributed by atoms with Gasteiger partial charge in [-0.3, -0.25) is 4.79 Å². The van der Waals surface area contributed by atoms with Crippen LogP contribution < -0.4 is 5.73 Å². The van der Waals surface area contributed by atoms with Gasteiger partial charge in [-0.15, -0.1) is 0 Å². The Bertz CT molecular complexity index is 265. The number of rotatable bonds is 3. The van der Waals surface area contributed by atoms with Crippen LogP contribution in [0.1, 0.15) is 0 Å². The van der Waals surface area contributed by atoms with Gasteiger partial charge in [-0.05, 0) is 0 Å². The normalized spacial score (nSPS) is 11.8. The SMILES string of the molecule is C=C(O)/C(F)=C(\C(=C)F)C(N)=O. The van der Waals surface area contributed by atoms with Gasteiger partial charge in [0.1, 0.15) is 17.2 Å². The summed E-state index contributed by atoms with van der Waals surface area (Å²) in [6.07, 6.45) is 0. The molecule has 0 aromatic carbocycles. The highest BCUT2D eigenvalue weighted by molar-refractivity contribution is 5.96. The van der Waals surface area contributed by atoms with Crippen molar-refractivity contribution in [3.05, 3.63) is 36.1 Å². The molecule has 5 heteroatoms. The minimum atomic E-state index is -1.50. The van der Waals surface area contributed by atoms with Crippen molar-refractivity contribution in [2.24, 2.45) is 5.73 Å². The summed E-state index contributed by atoms with van der Waals surface area (Å²) in [5, 5.41) is 8.45. The molecule has 0 spiro atoms. The summed E-state index contributed by atoms with van der Waals surface area (Å²) in [6.45, 7) is 5.41. The number of allylic oxidation sites excluding steroid dienone is 1.